The Balaban J connectivity index is 3.02. The zero-order valence-corrected chi connectivity index (χ0v) is 12.4. The van der Waals surface area contributed by atoms with E-state index in [1.165, 1.54) is 4.92 Å². The summed E-state index contributed by atoms with van der Waals surface area (Å²) >= 11 is 0. The van der Waals surface area contributed by atoms with E-state index in [1.807, 2.05) is 25.7 Å². The van der Waals surface area contributed by atoms with Gasteiger partial charge < -0.3 is 4.74 Å². The molecule has 0 spiro atoms. The van der Waals surface area contributed by atoms with Gasteiger partial charge in [-0.25, -0.2) is 9.71 Å². The van der Waals surface area contributed by atoms with Gasteiger partial charge in [0.05, 0.1) is 6.61 Å². The minimum atomic E-state index is -0.451. The van der Waals surface area contributed by atoms with Crippen LogP contribution in [0.3, 0.4) is 0 Å². The molecule has 0 N–H and O–H groups in total. The standard InChI is InChI=1S/C11H23BN4O2/c1-8-18-9(17)15-12(10(2,3)4)16(14-13-15)11(5,6)7/h8H2,1-7H3. The van der Waals surface area contributed by atoms with Crippen LogP contribution in [0.5, 0.6) is 0 Å². The van der Waals surface area contributed by atoms with Crippen molar-refractivity contribution in [2.75, 3.05) is 6.61 Å². The topological polar surface area (TPSA) is 57.5 Å². The van der Waals surface area contributed by atoms with Crippen LogP contribution in [0.4, 0.5) is 4.79 Å². The Kier molecular flexibility index (Phi) is 3.93. The zero-order chi connectivity index (χ0) is 14.1. The molecule has 0 unspecified atom stereocenters. The lowest BCUT2D eigenvalue weighted by Crippen LogP contribution is -2.57. The molecule has 1 aliphatic rings. The second kappa shape index (κ2) is 4.78. The highest BCUT2D eigenvalue weighted by Crippen LogP contribution is 2.38. The molecule has 0 radical (unpaired) electrons. The summed E-state index contributed by atoms with van der Waals surface area (Å²) in [6, 6.07) is 0. The lowest BCUT2D eigenvalue weighted by molar-refractivity contribution is 0.128. The smallest absolute Gasteiger partial charge is 0.433 e. The fraction of sp³-hybridized carbons (Fsp3) is 0.909. The fourth-order valence-electron chi connectivity index (χ4n) is 1.85. The summed E-state index contributed by atoms with van der Waals surface area (Å²) in [5, 5.41) is 7.91. The molecule has 18 heavy (non-hydrogen) atoms. The predicted molar refractivity (Wildman–Crippen MR) is 70.8 cm³/mol. The van der Waals surface area contributed by atoms with Crippen molar-refractivity contribution < 1.29 is 9.53 Å². The van der Waals surface area contributed by atoms with E-state index in [9.17, 15) is 4.79 Å². The summed E-state index contributed by atoms with van der Waals surface area (Å²) in [6.45, 7) is 14.2. The van der Waals surface area contributed by atoms with Crippen LogP contribution in [-0.2, 0) is 4.74 Å². The van der Waals surface area contributed by atoms with Crippen molar-refractivity contribution in [3.8, 4) is 0 Å². The molecule has 7 heteroatoms. The van der Waals surface area contributed by atoms with Gasteiger partial charge >= 0.3 is 13.1 Å². The lowest BCUT2D eigenvalue weighted by Gasteiger charge is -2.39. The van der Waals surface area contributed by atoms with Crippen LogP contribution in [0.1, 0.15) is 48.5 Å². The third-order valence-corrected chi connectivity index (χ3v) is 2.61. The summed E-state index contributed by atoms with van der Waals surface area (Å²) in [6.07, 6.45) is -0.451. The van der Waals surface area contributed by atoms with Crippen molar-refractivity contribution in [1.82, 2.24) is 9.84 Å². The van der Waals surface area contributed by atoms with Gasteiger partial charge in [-0.15, -0.1) is 0 Å². The molecule has 0 saturated heterocycles. The van der Waals surface area contributed by atoms with E-state index in [4.69, 9.17) is 4.74 Å². The molecule has 6 nitrogen and oxygen atoms in total. The van der Waals surface area contributed by atoms with E-state index in [2.05, 4.69) is 31.2 Å². The monoisotopic (exact) mass is 254 g/mol. The first-order valence-electron chi connectivity index (χ1n) is 6.26. The first-order valence-corrected chi connectivity index (χ1v) is 6.26. The summed E-state index contributed by atoms with van der Waals surface area (Å²) in [7, 11) is 0. The molecule has 0 saturated carbocycles. The number of rotatable bonds is 1. The molecule has 0 aromatic carbocycles. The van der Waals surface area contributed by atoms with Crippen molar-refractivity contribution >= 4 is 13.1 Å². The van der Waals surface area contributed by atoms with Crippen LogP contribution in [0.15, 0.2) is 10.4 Å². The largest absolute Gasteiger partial charge is 0.449 e. The van der Waals surface area contributed by atoms with Gasteiger partial charge in [-0.1, -0.05) is 31.2 Å². The van der Waals surface area contributed by atoms with Gasteiger partial charge in [-0.3, -0.25) is 4.92 Å². The molecule has 0 aliphatic carbocycles. The second-order valence-electron chi connectivity index (χ2n) is 6.48. The van der Waals surface area contributed by atoms with Crippen LogP contribution < -0.4 is 0 Å². The molecule has 0 fully saturated rings. The van der Waals surface area contributed by atoms with Crippen LogP contribution in [0, 0.1) is 0 Å². The quantitative estimate of drug-likeness (QED) is 0.675. The fourth-order valence-corrected chi connectivity index (χ4v) is 1.85. The molecule has 0 bridgehead atoms. The molecular formula is C11H23BN4O2. The van der Waals surface area contributed by atoms with Crippen molar-refractivity contribution in [3.63, 3.8) is 0 Å². The summed E-state index contributed by atoms with van der Waals surface area (Å²) in [5.74, 6) is 0. The van der Waals surface area contributed by atoms with E-state index < -0.39 is 6.09 Å². The molecule has 0 aromatic heterocycles. The highest BCUT2D eigenvalue weighted by Gasteiger charge is 2.52. The van der Waals surface area contributed by atoms with Gasteiger partial charge in [0.15, 0.2) is 0 Å². The highest BCUT2D eigenvalue weighted by molar-refractivity contribution is 6.59. The first-order chi connectivity index (χ1) is 8.09. The van der Waals surface area contributed by atoms with Crippen LogP contribution in [-0.4, -0.2) is 35.1 Å². The van der Waals surface area contributed by atoms with Gasteiger partial charge in [0, 0.05) is 5.54 Å². The molecule has 1 amide bonds. The normalized spacial score (nSPS) is 16.5. The SMILES string of the molecule is CCOC(=O)N1N=NN(C(C)(C)C)B1C(C)(C)C. The van der Waals surface area contributed by atoms with E-state index >= 15 is 0 Å². The van der Waals surface area contributed by atoms with E-state index in [0.29, 0.717) is 6.61 Å². The Morgan fingerprint density at radius 3 is 2.11 bits per heavy atom. The Morgan fingerprint density at radius 2 is 1.72 bits per heavy atom. The summed E-state index contributed by atoms with van der Waals surface area (Å²) in [5.41, 5.74) is -0.206. The average Bonchev–Trinajstić information content (AvgIpc) is 2.60. The van der Waals surface area contributed by atoms with Gasteiger partial charge in [-0.2, -0.15) is 0 Å². The van der Waals surface area contributed by atoms with Gasteiger partial charge in [0.1, 0.15) is 0 Å². The molecule has 102 valence electrons. The zero-order valence-electron chi connectivity index (χ0n) is 12.4. The molecule has 1 heterocycles. The Labute approximate surface area is 109 Å². The number of ether oxygens (including phenoxy) is 1. The third-order valence-electron chi connectivity index (χ3n) is 2.61. The van der Waals surface area contributed by atoms with Gasteiger partial charge in [0.25, 0.3) is 0 Å². The first kappa shape index (κ1) is 14.8. The van der Waals surface area contributed by atoms with E-state index in [1.54, 1.807) is 6.92 Å². The number of hydrogen-bond acceptors (Lipinski definition) is 5. The minimum Gasteiger partial charge on any atom is -0.449 e. The number of carbonyl (C=O) groups excluding carboxylic acids is 1. The number of hydrogen-bond donors (Lipinski definition) is 0. The maximum atomic E-state index is 11.9. The Morgan fingerprint density at radius 1 is 1.17 bits per heavy atom. The number of carbonyl (C=O) groups is 1. The van der Waals surface area contributed by atoms with Crippen molar-refractivity contribution in [1.29, 1.82) is 0 Å². The maximum absolute atomic E-state index is 11.9. The van der Waals surface area contributed by atoms with Crippen LogP contribution in [0.2, 0.25) is 5.31 Å². The van der Waals surface area contributed by atoms with Crippen molar-refractivity contribution in [2.24, 2.45) is 10.4 Å². The summed E-state index contributed by atoms with van der Waals surface area (Å²) in [4.78, 5) is 15.1. The van der Waals surface area contributed by atoms with Gasteiger partial charge in [-0.05, 0) is 33.0 Å². The van der Waals surface area contributed by atoms with Gasteiger partial charge in [0.2, 0.25) is 0 Å². The minimum absolute atomic E-state index is 0.177. The van der Waals surface area contributed by atoms with Crippen LogP contribution in [0.25, 0.3) is 0 Å². The molecule has 1 rings (SSSR count). The van der Waals surface area contributed by atoms with Crippen molar-refractivity contribution in [3.05, 3.63) is 0 Å². The third kappa shape index (κ3) is 2.94. The maximum Gasteiger partial charge on any atom is 0.433 e. The average molecular weight is 254 g/mol. The number of amides is 1. The molecule has 0 aromatic rings. The Hall–Kier alpha value is -1.27. The molecular weight excluding hydrogens is 231 g/mol. The summed E-state index contributed by atoms with van der Waals surface area (Å²) < 4.78 is 5.02. The van der Waals surface area contributed by atoms with E-state index in [-0.39, 0.29) is 17.8 Å². The molecule has 0 atom stereocenters. The lowest BCUT2D eigenvalue weighted by atomic mass is 9.51. The van der Waals surface area contributed by atoms with Crippen LogP contribution >= 0.6 is 0 Å². The van der Waals surface area contributed by atoms with E-state index in [0.717, 1.165) is 0 Å². The van der Waals surface area contributed by atoms with Crippen molar-refractivity contribution in [2.45, 2.75) is 59.3 Å². The predicted octanol–water partition coefficient (Wildman–Crippen LogP) is 3.13. The number of nitrogens with zero attached hydrogens (tertiary/aromatic N) is 4. The Bertz CT molecular complexity index is 346. The second-order valence-corrected chi connectivity index (χ2v) is 6.48. The highest BCUT2D eigenvalue weighted by atomic mass is 16.6. The molecule has 1 aliphatic heterocycles.